The van der Waals surface area contributed by atoms with E-state index in [0.717, 1.165) is 0 Å². The van der Waals surface area contributed by atoms with Crippen molar-refractivity contribution in [3.05, 3.63) is 70.9 Å². The number of hydrogen-bond donors (Lipinski definition) is 0. The molecule has 0 N–H and O–H groups in total. The molecule has 0 bridgehead atoms. The molecule has 3 aromatic heterocycles. The summed E-state index contributed by atoms with van der Waals surface area (Å²) in [5.74, 6) is -0.825. The van der Waals surface area contributed by atoms with Gasteiger partial charge in [0.15, 0.2) is 5.58 Å². The zero-order chi connectivity index (χ0) is 26.8. The molecule has 0 radical (unpaired) electrons. The van der Waals surface area contributed by atoms with E-state index in [9.17, 15) is 4.79 Å². The summed E-state index contributed by atoms with van der Waals surface area (Å²) in [6.45, 7) is 2.64. The number of aromatic nitrogens is 4. The van der Waals surface area contributed by atoms with Crippen LogP contribution in [0.3, 0.4) is 0 Å². The van der Waals surface area contributed by atoms with Crippen molar-refractivity contribution in [2.75, 3.05) is 27.2 Å². The third kappa shape index (κ3) is 4.64. The van der Waals surface area contributed by atoms with Crippen LogP contribution in [0.2, 0.25) is 0 Å². The minimum Gasteiger partial charge on any atom is -0.479 e. The first kappa shape index (κ1) is 25.2. The van der Waals surface area contributed by atoms with E-state index in [2.05, 4.69) is 28.0 Å². The van der Waals surface area contributed by atoms with Gasteiger partial charge in [0.05, 0.1) is 48.2 Å². The van der Waals surface area contributed by atoms with Crippen molar-refractivity contribution in [2.24, 2.45) is 7.05 Å². The van der Waals surface area contributed by atoms with E-state index in [0.29, 0.717) is 39.4 Å². The molecule has 6 rings (SSSR count). The van der Waals surface area contributed by atoms with Crippen molar-refractivity contribution in [3.8, 4) is 34.5 Å². The molecule has 4 heterocycles. The minimum absolute atomic E-state index is 0.180. The highest BCUT2D eigenvalue weighted by Crippen LogP contribution is 2.37. The third-order valence-corrected chi connectivity index (χ3v) is 6.73. The van der Waals surface area contributed by atoms with Crippen LogP contribution in [0.5, 0.6) is 5.88 Å². The van der Waals surface area contributed by atoms with Crippen LogP contribution in [-0.4, -0.2) is 51.1 Å². The van der Waals surface area contributed by atoms with E-state index >= 15 is 4.39 Å². The van der Waals surface area contributed by atoms with Gasteiger partial charge in [-0.1, -0.05) is 18.6 Å². The molecule has 1 aliphatic rings. The fourth-order valence-electron chi connectivity index (χ4n) is 4.65. The van der Waals surface area contributed by atoms with Gasteiger partial charge in [-0.3, -0.25) is 8.97 Å². The molecular weight excluding hydrogens is 487 g/mol. The van der Waals surface area contributed by atoms with Crippen molar-refractivity contribution in [1.82, 2.24) is 23.8 Å². The number of hydrogen-bond acceptors (Lipinski definition) is 7. The summed E-state index contributed by atoms with van der Waals surface area (Å²) in [5.41, 5.74) is 3.28. The van der Waals surface area contributed by atoms with Gasteiger partial charge in [0.25, 0.3) is 0 Å². The van der Waals surface area contributed by atoms with Gasteiger partial charge in [0.1, 0.15) is 11.3 Å². The minimum atomic E-state index is -0.584. The third-order valence-electron chi connectivity index (χ3n) is 6.73. The molecule has 0 amide bonds. The largest absolute Gasteiger partial charge is 0.479 e. The summed E-state index contributed by atoms with van der Waals surface area (Å²) in [7, 11) is 5.19. The standard InChI is InChI=1S/C22H14FN5O3.C6H13N/c1-27-16-8-15(23)14(7-18(16)31-22(27)29)20-19(13-5-3-12(9-24)4-6-13)26-21(30-2)17-10-25-11-28(17)20;1-7-5-3-2-4-6-7/h3-8,10-11H,1-2H3;2-6H2,1H3. The number of fused-ring (bicyclic) bond motifs is 2. The van der Waals surface area contributed by atoms with Crippen LogP contribution in [0, 0.1) is 17.1 Å². The summed E-state index contributed by atoms with van der Waals surface area (Å²) in [6, 6.07) is 11.6. The maximum absolute atomic E-state index is 15.3. The first-order valence-electron chi connectivity index (χ1n) is 12.3. The first-order valence-corrected chi connectivity index (χ1v) is 12.3. The Morgan fingerprint density at radius 2 is 1.82 bits per heavy atom. The average molecular weight is 515 g/mol. The zero-order valence-electron chi connectivity index (χ0n) is 21.4. The molecule has 5 aromatic rings. The number of nitrogens with zero attached hydrogens (tertiary/aromatic N) is 6. The maximum atomic E-state index is 15.3. The number of aryl methyl sites for hydroxylation is 1. The van der Waals surface area contributed by atoms with E-state index in [4.69, 9.17) is 14.4 Å². The van der Waals surface area contributed by atoms with Gasteiger partial charge < -0.3 is 14.1 Å². The smallest absolute Gasteiger partial charge is 0.419 e. The monoisotopic (exact) mass is 514 g/mol. The Morgan fingerprint density at radius 1 is 1.08 bits per heavy atom. The van der Waals surface area contributed by atoms with Gasteiger partial charge in [0, 0.05) is 24.2 Å². The van der Waals surface area contributed by atoms with Crippen LogP contribution in [0.4, 0.5) is 4.39 Å². The topological polar surface area (TPSA) is 102 Å². The molecule has 10 heteroatoms. The van der Waals surface area contributed by atoms with Gasteiger partial charge in [-0.15, -0.1) is 0 Å². The highest BCUT2D eigenvalue weighted by molar-refractivity contribution is 5.87. The van der Waals surface area contributed by atoms with E-state index < -0.39 is 11.6 Å². The number of nitriles is 1. The highest BCUT2D eigenvalue weighted by atomic mass is 19.1. The van der Waals surface area contributed by atoms with Gasteiger partial charge in [0.2, 0.25) is 5.88 Å². The van der Waals surface area contributed by atoms with Crippen molar-refractivity contribution >= 4 is 16.6 Å². The van der Waals surface area contributed by atoms with E-state index in [-0.39, 0.29) is 11.1 Å². The second-order valence-corrected chi connectivity index (χ2v) is 9.25. The first-order chi connectivity index (χ1) is 18.4. The second-order valence-electron chi connectivity index (χ2n) is 9.25. The number of oxazole rings is 1. The summed E-state index contributed by atoms with van der Waals surface area (Å²) < 4.78 is 28.9. The number of piperidine rings is 1. The Kier molecular flexibility index (Phi) is 6.94. The number of halogens is 1. The summed E-state index contributed by atoms with van der Waals surface area (Å²) in [6.07, 6.45) is 7.38. The van der Waals surface area contributed by atoms with Crippen LogP contribution >= 0.6 is 0 Å². The van der Waals surface area contributed by atoms with Crippen LogP contribution < -0.4 is 10.5 Å². The van der Waals surface area contributed by atoms with Gasteiger partial charge >= 0.3 is 5.76 Å². The Hall–Kier alpha value is -4.49. The van der Waals surface area contributed by atoms with Crippen molar-refractivity contribution in [2.45, 2.75) is 19.3 Å². The average Bonchev–Trinajstić information content (AvgIpc) is 3.53. The molecular formula is C28H27FN6O3. The molecule has 0 atom stereocenters. The fraction of sp³-hybridized carbons (Fsp3) is 0.286. The van der Waals surface area contributed by atoms with E-state index in [1.807, 2.05) is 0 Å². The van der Waals surface area contributed by atoms with E-state index in [1.54, 1.807) is 34.9 Å². The van der Waals surface area contributed by atoms with Crippen LogP contribution in [-0.2, 0) is 7.05 Å². The lowest BCUT2D eigenvalue weighted by Crippen LogP contribution is -2.24. The van der Waals surface area contributed by atoms with Crippen molar-refractivity contribution in [3.63, 3.8) is 0 Å². The van der Waals surface area contributed by atoms with Crippen LogP contribution in [0.1, 0.15) is 24.8 Å². The number of benzene rings is 2. The highest BCUT2D eigenvalue weighted by Gasteiger charge is 2.22. The molecule has 38 heavy (non-hydrogen) atoms. The predicted molar refractivity (Wildman–Crippen MR) is 141 cm³/mol. The van der Waals surface area contributed by atoms with Crippen molar-refractivity contribution in [1.29, 1.82) is 5.26 Å². The Morgan fingerprint density at radius 3 is 2.45 bits per heavy atom. The maximum Gasteiger partial charge on any atom is 0.419 e. The number of methoxy groups -OCH3 is 1. The summed E-state index contributed by atoms with van der Waals surface area (Å²) in [5, 5.41) is 9.10. The molecule has 0 unspecified atom stereocenters. The molecule has 0 spiro atoms. The lowest BCUT2D eigenvalue weighted by molar-refractivity contribution is 0.277. The summed E-state index contributed by atoms with van der Waals surface area (Å²) in [4.78, 5) is 23.1. The Balaban J connectivity index is 0.000000366. The lowest BCUT2D eigenvalue weighted by atomic mass is 10.0. The number of likely N-dealkylation sites (tertiary alicyclic amines) is 1. The van der Waals surface area contributed by atoms with Gasteiger partial charge in [-0.05, 0) is 51.2 Å². The van der Waals surface area contributed by atoms with Crippen LogP contribution in [0.15, 0.2) is 58.1 Å². The van der Waals surface area contributed by atoms with E-state index in [1.165, 1.54) is 69.5 Å². The Labute approximate surface area is 218 Å². The molecule has 0 aliphatic carbocycles. The normalized spacial score (nSPS) is 13.8. The second kappa shape index (κ2) is 10.5. The SMILES string of the molecule is CN1CCCCC1.COc1nc(-c2ccc(C#N)cc2)c(-c2cc3oc(=O)n(C)c3cc2F)n2cncc12. The fourth-order valence-corrected chi connectivity index (χ4v) is 4.65. The van der Waals surface area contributed by atoms with Gasteiger partial charge in [-0.2, -0.15) is 5.26 Å². The molecule has 0 saturated carbocycles. The zero-order valence-corrected chi connectivity index (χ0v) is 21.4. The lowest BCUT2D eigenvalue weighted by Gasteiger charge is -2.20. The van der Waals surface area contributed by atoms with Crippen molar-refractivity contribution < 1.29 is 13.5 Å². The molecule has 1 aliphatic heterocycles. The molecule has 1 saturated heterocycles. The predicted octanol–water partition coefficient (Wildman–Crippen LogP) is 4.63. The summed E-state index contributed by atoms with van der Waals surface area (Å²) >= 11 is 0. The molecule has 1 fully saturated rings. The molecule has 2 aromatic carbocycles. The molecule has 194 valence electrons. The quantitative estimate of drug-likeness (QED) is 0.346. The molecule has 9 nitrogen and oxygen atoms in total. The number of ether oxygens (including phenoxy) is 1. The van der Waals surface area contributed by atoms with Crippen LogP contribution in [0.25, 0.3) is 39.1 Å². The number of imidazole rings is 1. The van der Waals surface area contributed by atoms with Gasteiger partial charge in [-0.25, -0.2) is 19.2 Å². The Bertz CT molecular complexity index is 1710. The number of rotatable bonds is 3.